The highest BCUT2D eigenvalue weighted by Crippen LogP contribution is 2.02. The number of rotatable bonds is 5. The highest BCUT2D eigenvalue weighted by Gasteiger charge is 2.17. The first-order valence-electron chi connectivity index (χ1n) is 3.31. The van der Waals surface area contributed by atoms with E-state index in [2.05, 4.69) is 10.2 Å². The maximum atomic E-state index is 10.4. The van der Waals surface area contributed by atoms with Crippen molar-refractivity contribution in [3.8, 4) is 0 Å². The first-order valence-corrected chi connectivity index (χ1v) is 3.31. The van der Waals surface area contributed by atoms with Crippen LogP contribution >= 0.6 is 0 Å². The van der Waals surface area contributed by atoms with Gasteiger partial charge < -0.3 is 10.2 Å². The third kappa shape index (κ3) is 4.37. The Morgan fingerprint density at radius 1 is 1.42 bits per heavy atom. The molecular formula is C6H10N2O4. The van der Waals surface area contributed by atoms with Crippen LogP contribution in [0.15, 0.2) is 10.2 Å². The zero-order chi connectivity index (χ0) is 9.56. The lowest BCUT2D eigenvalue weighted by molar-refractivity contribution is -0.139. The van der Waals surface area contributed by atoms with Crippen molar-refractivity contribution >= 4 is 11.9 Å². The van der Waals surface area contributed by atoms with Gasteiger partial charge in [0.25, 0.3) is 0 Å². The predicted molar refractivity (Wildman–Crippen MR) is 39.1 cm³/mol. The zero-order valence-corrected chi connectivity index (χ0v) is 6.60. The van der Waals surface area contributed by atoms with Gasteiger partial charge in [0.1, 0.15) is 0 Å². The number of hydrogen-bond acceptors (Lipinski definition) is 4. The first-order chi connectivity index (χ1) is 5.57. The summed E-state index contributed by atoms with van der Waals surface area (Å²) < 4.78 is 0. The summed E-state index contributed by atoms with van der Waals surface area (Å²) in [4.78, 5) is 20.4. The quantitative estimate of drug-likeness (QED) is 0.588. The number of carbonyl (C=O) groups is 2. The highest BCUT2D eigenvalue weighted by molar-refractivity contribution is 5.75. The van der Waals surface area contributed by atoms with Crippen LogP contribution in [0.5, 0.6) is 0 Å². The molecule has 0 rings (SSSR count). The smallest absolute Gasteiger partial charge is 0.330 e. The van der Waals surface area contributed by atoms with Crippen LogP contribution in [0.2, 0.25) is 0 Å². The van der Waals surface area contributed by atoms with Gasteiger partial charge in [-0.15, -0.1) is 0 Å². The monoisotopic (exact) mass is 174 g/mol. The molecule has 0 saturated heterocycles. The molecule has 0 heterocycles. The largest absolute Gasteiger partial charge is 0.481 e. The summed E-state index contributed by atoms with van der Waals surface area (Å²) in [6, 6.07) is -1.04. The molecule has 0 amide bonds. The summed E-state index contributed by atoms with van der Waals surface area (Å²) in [6.45, 7) is 0. The van der Waals surface area contributed by atoms with E-state index < -0.39 is 18.0 Å². The molecule has 6 nitrogen and oxygen atoms in total. The van der Waals surface area contributed by atoms with Gasteiger partial charge in [-0.3, -0.25) is 4.79 Å². The van der Waals surface area contributed by atoms with Crippen molar-refractivity contribution in [3.63, 3.8) is 0 Å². The van der Waals surface area contributed by atoms with E-state index in [1.807, 2.05) is 0 Å². The summed E-state index contributed by atoms with van der Waals surface area (Å²) in [7, 11) is 1.34. The number of carboxylic acid groups (broad SMARTS) is 2. The van der Waals surface area contributed by atoms with Crippen LogP contribution in [0.4, 0.5) is 0 Å². The third-order valence-electron chi connectivity index (χ3n) is 1.17. The predicted octanol–water partition coefficient (Wildman–Crippen LogP) is 0.386. The Labute approximate surface area is 68.9 Å². The molecule has 12 heavy (non-hydrogen) atoms. The van der Waals surface area contributed by atoms with Crippen LogP contribution in [-0.4, -0.2) is 35.2 Å². The normalized spacial score (nSPS) is 13.1. The van der Waals surface area contributed by atoms with Gasteiger partial charge in [-0.2, -0.15) is 10.2 Å². The zero-order valence-electron chi connectivity index (χ0n) is 6.60. The number of azo groups is 1. The number of nitrogens with zero attached hydrogens (tertiary/aromatic N) is 2. The molecule has 0 bridgehead atoms. The fourth-order valence-electron chi connectivity index (χ4n) is 0.630. The molecule has 68 valence electrons. The van der Waals surface area contributed by atoms with Crippen LogP contribution in [0.1, 0.15) is 12.8 Å². The highest BCUT2D eigenvalue weighted by atomic mass is 16.4. The second-order valence-corrected chi connectivity index (χ2v) is 2.10. The molecule has 0 saturated carbocycles. The van der Waals surface area contributed by atoms with Crippen molar-refractivity contribution in [2.75, 3.05) is 7.05 Å². The van der Waals surface area contributed by atoms with E-state index in [0.29, 0.717) is 0 Å². The summed E-state index contributed by atoms with van der Waals surface area (Å²) in [6.07, 6.45) is -0.238. The average molecular weight is 174 g/mol. The topological polar surface area (TPSA) is 99.3 Å². The van der Waals surface area contributed by atoms with Gasteiger partial charge in [0, 0.05) is 13.5 Å². The Hall–Kier alpha value is -1.46. The molecule has 0 aromatic heterocycles. The first kappa shape index (κ1) is 10.5. The van der Waals surface area contributed by atoms with Gasteiger partial charge in [0.15, 0.2) is 6.04 Å². The van der Waals surface area contributed by atoms with Crippen molar-refractivity contribution < 1.29 is 19.8 Å². The minimum atomic E-state index is -1.15. The van der Waals surface area contributed by atoms with Gasteiger partial charge in [-0.25, -0.2) is 4.79 Å². The van der Waals surface area contributed by atoms with Crippen LogP contribution < -0.4 is 0 Å². The second-order valence-electron chi connectivity index (χ2n) is 2.10. The van der Waals surface area contributed by atoms with Crippen LogP contribution in [0.3, 0.4) is 0 Å². The summed E-state index contributed by atoms with van der Waals surface area (Å²) in [5.74, 6) is -2.19. The molecule has 1 atom stereocenters. The molecule has 0 aliphatic heterocycles. The Morgan fingerprint density at radius 3 is 2.33 bits per heavy atom. The number of carboxylic acids is 2. The van der Waals surface area contributed by atoms with Crippen LogP contribution in [-0.2, 0) is 9.59 Å². The summed E-state index contributed by atoms with van der Waals surface area (Å²) in [5.41, 5.74) is 0. The molecule has 0 aliphatic rings. The lowest BCUT2D eigenvalue weighted by Crippen LogP contribution is -2.18. The Morgan fingerprint density at radius 2 is 2.00 bits per heavy atom. The van der Waals surface area contributed by atoms with Gasteiger partial charge >= 0.3 is 11.9 Å². The minimum absolute atomic E-state index is 0.0258. The van der Waals surface area contributed by atoms with E-state index in [0.717, 1.165) is 0 Å². The number of aliphatic carboxylic acids is 2. The van der Waals surface area contributed by atoms with Crippen molar-refractivity contribution in [1.29, 1.82) is 0 Å². The molecule has 6 heteroatoms. The van der Waals surface area contributed by atoms with Gasteiger partial charge in [-0.1, -0.05) is 0 Å². The summed E-state index contributed by atoms with van der Waals surface area (Å²) in [5, 5.41) is 23.4. The second kappa shape index (κ2) is 5.22. The van der Waals surface area contributed by atoms with Crippen LogP contribution in [0.25, 0.3) is 0 Å². The van der Waals surface area contributed by atoms with E-state index in [9.17, 15) is 9.59 Å². The minimum Gasteiger partial charge on any atom is -0.481 e. The molecule has 0 radical (unpaired) electrons. The van der Waals surface area contributed by atoms with E-state index in [1.165, 1.54) is 7.05 Å². The van der Waals surface area contributed by atoms with E-state index >= 15 is 0 Å². The van der Waals surface area contributed by atoms with Crippen molar-refractivity contribution in [3.05, 3.63) is 0 Å². The Kier molecular flexibility index (Phi) is 4.59. The SMILES string of the molecule is CN=NC(CCC(=O)O)C(=O)O. The molecule has 0 fully saturated rings. The van der Waals surface area contributed by atoms with Crippen molar-refractivity contribution in [2.45, 2.75) is 18.9 Å². The van der Waals surface area contributed by atoms with Crippen molar-refractivity contribution in [1.82, 2.24) is 0 Å². The van der Waals surface area contributed by atoms with E-state index in [4.69, 9.17) is 10.2 Å². The molecule has 0 aromatic rings. The Bertz CT molecular complexity index is 202. The molecule has 1 unspecified atom stereocenters. The van der Waals surface area contributed by atoms with Crippen LogP contribution in [0, 0.1) is 0 Å². The standard InChI is InChI=1S/C6H10N2O4/c1-7-8-4(6(11)12)2-3-5(9)10/h4H,2-3H2,1H3,(H,9,10)(H,11,12). The number of hydrogen-bond donors (Lipinski definition) is 2. The van der Waals surface area contributed by atoms with E-state index in [1.54, 1.807) is 0 Å². The van der Waals surface area contributed by atoms with E-state index in [-0.39, 0.29) is 12.8 Å². The molecular weight excluding hydrogens is 164 g/mol. The van der Waals surface area contributed by atoms with Gasteiger partial charge in [0.05, 0.1) is 0 Å². The molecule has 0 aromatic carbocycles. The lowest BCUT2D eigenvalue weighted by Gasteiger charge is -2.01. The maximum Gasteiger partial charge on any atom is 0.330 e. The maximum absolute atomic E-state index is 10.4. The average Bonchev–Trinajstić information content (AvgIpc) is 1.96. The third-order valence-corrected chi connectivity index (χ3v) is 1.17. The fraction of sp³-hybridized carbons (Fsp3) is 0.667. The van der Waals surface area contributed by atoms with Gasteiger partial charge in [-0.05, 0) is 6.42 Å². The molecule has 2 N–H and O–H groups in total. The molecule has 0 spiro atoms. The lowest BCUT2D eigenvalue weighted by atomic mass is 10.2. The van der Waals surface area contributed by atoms with Gasteiger partial charge in [0.2, 0.25) is 0 Å². The fourth-order valence-corrected chi connectivity index (χ4v) is 0.630. The summed E-state index contributed by atoms with van der Waals surface area (Å²) >= 11 is 0. The Balaban J connectivity index is 3.96. The molecule has 0 aliphatic carbocycles. The van der Waals surface area contributed by atoms with Crippen molar-refractivity contribution in [2.24, 2.45) is 10.2 Å².